The van der Waals surface area contributed by atoms with E-state index in [1.54, 1.807) is 17.1 Å². The Bertz CT molecular complexity index is 1770. The van der Waals surface area contributed by atoms with Crippen LogP contribution < -0.4 is 10.9 Å². The second kappa shape index (κ2) is 8.74. The third kappa shape index (κ3) is 3.69. The van der Waals surface area contributed by atoms with E-state index >= 15 is 0 Å². The van der Waals surface area contributed by atoms with Crippen LogP contribution in [0.25, 0.3) is 38.8 Å². The first-order chi connectivity index (χ1) is 17.6. The number of hydrogen-bond donors (Lipinski definition) is 2. The highest BCUT2D eigenvalue weighted by Gasteiger charge is 2.20. The van der Waals surface area contributed by atoms with E-state index in [1.807, 2.05) is 74.5 Å². The largest absolute Gasteiger partial charge is 0.360 e. The normalized spacial score (nSPS) is 12.2. The summed E-state index contributed by atoms with van der Waals surface area (Å²) in [6.07, 6.45) is 4.84. The van der Waals surface area contributed by atoms with Crippen molar-refractivity contribution in [2.45, 2.75) is 19.9 Å². The molecule has 8 heteroatoms. The number of H-pyrrole nitrogens is 1. The van der Waals surface area contributed by atoms with Crippen molar-refractivity contribution in [1.29, 1.82) is 0 Å². The number of hydrogen-bond acceptors (Lipinski definition) is 6. The summed E-state index contributed by atoms with van der Waals surface area (Å²) in [5, 5.41) is 4.99. The van der Waals surface area contributed by atoms with Gasteiger partial charge in [-0.15, -0.1) is 0 Å². The van der Waals surface area contributed by atoms with Crippen LogP contribution in [0.15, 0.2) is 90.4 Å². The van der Waals surface area contributed by atoms with Gasteiger partial charge in [0.15, 0.2) is 11.5 Å². The first-order valence-electron chi connectivity index (χ1n) is 11.7. The lowest BCUT2D eigenvalue weighted by Crippen LogP contribution is -2.26. The molecule has 0 aliphatic carbocycles. The van der Waals surface area contributed by atoms with E-state index in [9.17, 15) is 4.79 Å². The zero-order valence-electron chi connectivity index (χ0n) is 19.8. The Morgan fingerprint density at radius 1 is 0.944 bits per heavy atom. The van der Waals surface area contributed by atoms with E-state index < -0.39 is 0 Å². The Balaban J connectivity index is 1.58. The fraction of sp³-hybridized carbons (Fsp3) is 0.107. The summed E-state index contributed by atoms with van der Waals surface area (Å²) in [6.45, 7) is 3.96. The summed E-state index contributed by atoms with van der Waals surface area (Å²) in [5.74, 6) is 0.623. The number of para-hydroxylation sites is 1. The molecule has 8 nitrogen and oxygen atoms in total. The highest BCUT2D eigenvalue weighted by atomic mass is 16.1. The van der Waals surface area contributed by atoms with Gasteiger partial charge in [0.2, 0.25) is 0 Å². The van der Waals surface area contributed by atoms with Crippen LogP contribution in [0.2, 0.25) is 0 Å². The van der Waals surface area contributed by atoms with Gasteiger partial charge in [0.25, 0.3) is 5.56 Å². The van der Waals surface area contributed by atoms with Gasteiger partial charge >= 0.3 is 0 Å². The van der Waals surface area contributed by atoms with Crippen LogP contribution in [0.4, 0.5) is 5.82 Å². The van der Waals surface area contributed by atoms with Gasteiger partial charge in [-0.3, -0.25) is 14.3 Å². The Hall–Kier alpha value is -4.85. The number of imidazole rings is 1. The van der Waals surface area contributed by atoms with Crippen molar-refractivity contribution in [3.63, 3.8) is 0 Å². The Morgan fingerprint density at radius 2 is 1.81 bits per heavy atom. The fourth-order valence-electron chi connectivity index (χ4n) is 4.65. The highest BCUT2D eigenvalue weighted by Crippen LogP contribution is 2.30. The molecule has 0 spiro atoms. The zero-order chi connectivity index (χ0) is 24.6. The summed E-state index contributed by atoms with van der Waals surface area (Å²) in [4.78, 5) is 34.5. The van der Waals surface area contributed by atoms with Crippen molar-refractivity contribution in [3.8, 4) is 16.8 Å². The van der Waals surface area contributed by atoms with Gasteiger partial charge in [-0.2, -0.15) is 0 Å². The van der Waals surface area contributed by atoms with Crippen molar-refractivity contribution in [3.05, 3.63) is 107 Å². The Labute approximate surface area is 206 Å². The van der Waals surface area contributed by atoms with Crippen molar-refractivity contribution >= 4 is 27.8 Å². The maximum atomic E-state index is 14.2. The smallest absolute Gasteiger partial charge is 0.263 e. The quantitative estimate of drug-likeness (QED) is 0.357. The van der Waals surface area contributed by atoms with Crippen molar-refractivity contribution in [2.75, 3.05) is 5.32 Å². The molecule has 6 rings (SSSR count). The number of anilines is 1. The summed E-state index contributed by atoms with van der Waals surface area (Å²) < 4.78 is 1.78. The number of aromatic amines is 1. The molecule has 0 aliphatic heterocycles. The van der Waals surface area contributed by atoms with Gasteiger partial charge < -0.3 is 10.3 Å². The first-order valence-corrected chi connectivity index (χ1v) is 11.7. The van der Waals surface area contributed by atoms with Gasteiger partial charge in [0.1, 0.15) is 11.8 Å². The molecule has 4 heterocycles. The summed E-state index contributed by atoms with van der Waals surface area (Å²) in [7, 11) is 0. The number of aromatic nitrogens is 6. The molecule has 2 N–H and O–H groups in total. The maximum absolute atomic E-state index is 14.2. The fourth-order valence-corrected chi connectivity index (χ4v) is 4.65. The number of pyridine rings is 2. The second-order valence-electron chi connectivity index (χ2n) is 8.69. The maximum Gasteiger partial charge on any atom is 0.263 e. The highest BCUT2D eigenvalue weighted by molar-refractivity contribution is 5.96. The number of benzene rings is 2. The van der Waals surface area contributed by atoms with Crippen LogP contribution in [0.3, 0.4) is 0 Å². The average Bonchev–Trinajstić information content (AvgIpc) is 3.39. The van der Waals surface area contributed by atoms with Gasteiger partial charge in [0.05, 0.1) is 17.8 Å². The molecule has 0 amide bonds. The van der Waals surface area contributed by atoms with Crippen LogP contribution in [-0.2, 0) is 0 Å². The molecule has 176 valence electrons. The minimum Gasteiger partial charge on any atom is -0.360 e. The van der Waals surface area contributed by atoms with Gasteiger partial charge in [0, 0.05) is 23.3 Å². The monoisotopic (exact) mass is 473 g/mol. The molecule has 2 aromatic carbocycles. The van der Waals surface area contributed by atoms with E-state index in [1.165, 1.54) is 6.33 Å². The van der Waals surface area contributed by atoms with Crippen LogP contribution in [0.1, 0.15) is 24.4 Å². The summed E-state index contributed by atoms with van der Waals surface area (Å²) in [6, 6.07) is 21.4. The van der Waals surface area contributed by atoms with E-state index in [0.717, 1.165) is 33.6 Å². The predicted molar refractivity (Wildman–Crippen MR) is 141 cm³/mol. The topological polar surface area (TPSA) is 101 Å². The lowest BCUT2D eigenvalue weighted by molar-refractivity contribution is 0.774. The number of aryl methyl sites for hydroxylation is 1. The molecule has 0 bridgehead atoms. The number of nitrogens with zero attached hydrogens (tertiary/aromatic N) is 5. The molecule has 0 fully saturated rings. The summed E-state index contributed by atoms with van der Waals surface area (Å²) in [5.41, 5.74) is 5.57. The molecule has 0 saturated heterocycles. The first kappa shape index (κ1) is 21.7. The minimum absolute atomic E-state index is 0.0817. The second-order valence-corrected chi connectivity index (χ2v) is 8.69. The van der Waals surface area contributed by atoms with E-state index in [-0.39, 0.29) is 11.6 Å². The standard InChI is InChI=1S/C28H23N7O/c1-17-13-19(11-12-29-17)22-10-6-7-20-14-23(35(28(36)24(20)22)21-8-4-3-5-9-21)18(2)34-27-25-26(31-15-30-25)32-16-33-27/h3-16,18H,1-2H3,(H2,30,31,32,33,34)/t18-/m1/s1. The van der Waals surface area contributed by atoms with Crippen molar-refractivity contribution < 1.29 is 0 Å². The van der Waals surface area contributed by atoms with Crippen LogP contribution in [0.5, 0.6) is 0 Å². The zero-order valence-corrected chi connectivity index (χ0v) is 19.8. The van der Waals surface area contributed by atoms with Gasteiger partial charge in [-0.05, 0) is 60.7 Å². The molecule has 0 aliphatic rings. The van der Waals surface area contributed by atoms with Crippen LogP contribution >= 0.6 is 0 Å². The molecular weight excluding hydrogens is 450 g/mol. The molecule has 0 saturated carbocycles. The molecule has 0 radical (unpaired) electrons. The SMILES string of the molecule is Cc1cc(-c2cccc3cc([C@@H](C)Nc4ncnc5nc[nH]c45)n(-c4ccccc4)c(=O)c23)ccn1. The number of nitrogens with one attached hydrogen (secondary N) is 2. The number of rotatable bonds is 5. The lowest BCUT2D eigenvalue weighted by Gasteiger charge is -2.22. The molecule has 6 aromatic rings. The minimum atomic E-state index is -0.254. The molecule has 4 aromatic heterocycles. The van der Waals surface area contributed by atoms with Crippen LogP contribution in [-0.4, -0.2) is 29.5 Å². The average molecular weight is 474 g/mol. The van der Waals surface area contributed by atoms with E-state index in [2.05, 4.69) is 36.3 Å². The third-order valence-electron chi connectivity index (χ3n) is 6.32. The Kier molecular flexibility index (Phi) is 5.26. The van der Waals surface area contributed by atoms with E-state index in [0.29, 0.717) is 22.4 Å². The molecule has 1 atom stereocenters. The van der Waals surface area contributed by atoms with Crippen molar-refractivity contribution in [2.24, 2.45) is 0 Å². The van der Waals surface area contributed by atoms with Crippen molar-refractivity contribution in [1.82, 2.24) is 29.5 Å². The molecule has 36 heavy (non-hydrogen) atoms. The molecule has 0 unspecified atom stereocenters. The number of fused-ring (bicyclic) bond motifs is 2. The third-order valence-corrected chi connectivity index (χ3v) is 6.32. The van der Waals surface area contributed by atoms with E-state index in [4.69, 9.17) is 0 Å². The van der Waals surface area contributed by atoms with Gasteiger partial charge in [-0.25, -0.2) is 15.0 Å². The molecular formula is C28H23N7O. The predicted octanol–water partition coefficient (Wildman–Crippen LogP) is 5.20. The lowest BCUT2D eigenvalue weighted by atomic mass is 9.98. The van der Waals surface area contributed by atoms with Gasteiger partial charge in [-0.1, -0.05) is 36.4 Å². The van der Waals surface area contributed by atoms with Crippen LogP contribution in [0, 0.1) is 6.92 Å². The summed E-state index contributed by atoms with van der Waals surface area (Å²) >= 11 is 0. The Morgan fingerprint density at radius 3 is 2.64 bits per heavy atom.